The third-order valence-electron chi connectivity index (χ3n) is 2.91. The number of rotatable bonds is 3. The van der Waals surface area contributed by atoms with Gasteiger partial charge < -0.3 is 4.74 Å². The van der Waals surface area contributed by atoms with Crippen LogP contribution in [0, 0.1) is 0 Å². The van der Waals surface area contributed by atoms with E-state index in [1.165, 1.54) is 10.9 Å². The molecule has 0 fully saturated rings. The molecule has 0 aliphatic rings. The third kappa shape index (κ3) is 2.38. The quantitative estimate of drug-likeness (QED) is 0.741. The van der Waals surface area contributed by atoms with E-state index < -0.39 is 0 Å². The monoisotopic (exact) mass is 286 g/mol. The molecule has 0 aliphatic carbocycles. The van der Waals surface area contributed by atoms with Gasteiger partial charge in [-0.15, -0.1) is 0 Å². The Morgan fingerprint density at radius 3 is 2.75 bits per heavy atom. The molecule has 0 aliphatic heterocycles. The molecule has 0 amide bonds. The van der Waals surface area contributed by atoms with E-state index in [4.69, 9.17) is 16.3 Å². The van der Waals surface area contributed by atoms with Gasteiger partial charge in [0.1, 0.15) is 12.1 Å². The van der Waals surface area contributed by atoms with Crippen LogP contribution >= 0.6 is 11.6 Å². The number of carbonyl (C=O) groups is 1. The molecule has 0 unspecified atom stereocenters. The first-order chi connectivity index (χ1) is 9.75. The number of hydrogen-bond acceptors (Lipinski definition) is 3. The molecule has 0 saturated carbocycles. The van der Waals surface area contributed by atoms with Crippen LogP contribution in [0.25, 0.3) is 11.0 Å². The Morgan fingerprint density at radius 2 is 1.90 bits per heavy atom. The van der Waals surface area contributed by atoms with E-state index in [9.17, 15) is 4.79 Å². The van der Waals surface area contributed by atoms with Crippen LogP contribution in [-0.2, 0) is 0 Å². The average molecular weight is 287 g/mol. The highest BCUT2D eigenvalue weighted by Gasteiger charge is 2.11. The second-order valence-electron chi connectivity index (χ2n) is 4.22. The predicted octanol–water partition coefficient (Wildman–Crippen LogP) is 3.41. The molecule has 100 valence electrons. The molecule has 1 heterocycles. The van der Waals surface area contributed by atoms with E-state index in [1.807, 2.05) is 24.3 Å². The highest BCUT2D eigenvalue weighted by atomic mass is 35.5. The van der Waals surface area contributed by atoms with Crippen LogP contribution in [0.3, 0.4) is 0 Å². The normalized spacial score (nSPS) is 10.7. The van der Waals surface area contributed by atoms with Crippen LogP contribution in [0.5, 0.6) is 5.75 Å². The molecule has 0 radical (unpaired) electrons. The summed E-state index contributed by atoms with van der Waals surface area (Å²) in [5.41, 5.74) is 1.54. The number of ether oxygens (including phenoxy) is 1. The van der Waals surface area contributed by atoms with Gasteiger partial charge in [-0.1, -0.05) is 35.9 Å². The van der Waals surface area contributed by atoms with Gasteiger partial charge in [0.15, 0.2) is 6.61 Å². The van der Waals surface area contributed by atoms with Crippen LogP contribution < -0.4 is 4.74 Å². The number of para-hydroxylation sites is 3. The van der Waals surface area contributed by atoms with Gasteiger partial charge in [0, 0.05) is 0 Å². The molecule has 0 saturated heterocycles. The largest absolute Gasteiger partial charge is 0.482 e. The van der Waals surface area contributed by atoms with Crippen LogP contribution in [0.2, 0.25) is 5.02 Å². The average Bonchev–Trinajstić information content (AvgIpc) is 2.90. The number of nitrogens with zero attached hydrogens (tertiary/aromatic N) is 2. The Bertz CT molecular complexity index is 767. The van der Waals surface area contributed by atoms with Gasteiger partial charge in [0.2, 0.25) is 0 Å². The standard InChI is InChI=1S/C15H11ClN2O2/c16-11-5-1-4-8-14(11)20-9-15(19)18-10-17-12-6-2-3-7-13(12)18/h1-8,10H,9H2. The van der Waals surface area contributed by atoms with E-state index in [2.05, 4.69) is 4.98 Å². The molecule has 0 bridgehead atoms. The van der Waals surface area contributed by atoms with Crippen molar-refractivity contribution >= 4 is 28.5 Å². The zero-order valence-electron chi connectivity index (χ0n) is 10.5. The SMILES string of the molecule is O=C(COc1ccccc1Cl)n1cnc2ccccc21. The van der Waals surface area contributed by atoms with Crippen LogP contribution in [-0.4, -0.2) is 22.1 Å². The van der Waals surface area contributed by atoms with Gasteiger partial charge in [-0.05, 0) is 24.3 Å². The molecule has 3 rings (SSSR count). The second kappa shape index (κ2) is 5.35. The molecule has 20 heavy (non-hydrogen) atoms. The maximum absolute atomic E-state index is 12.2. The number of halogens is 1. The van der Waals surface area contributed by atoms with Crippen molar-refractivity contribution in [3.8, 4) is 5.75 Å². The summed E-state index contributed by atoms with van der Waals surface area (Å²) in [5, 5.41) is 0.482. The fourth-order valence-corrected chi connectivity index (χ4v) is 2.12. The number of imidazole rings is 1. The van der Waals surface area contributed by atoms with Crippen molar-refractivity contribution < 1.29 is 9.53 Å². The second-order valence-corrected chi connectivity index (χ2v) is 4.62. The summed E-state index contributed by atoms with van der Waals surface area (Å²) < 4.78 is 6.92. The van der Waals surface area contributed by atoms with Crippen LogP contribution in [0.4, 0.5) is 0 Å². The lowest BCUT2D eigenvalue weighted by atomic mass is 10.3. The Balaban J connectivity index is 1.79. The number of benzene rings is 2. The Morgan fingerprint density at radius 1 is 1.15 bits per heavy atom. The maximum atomic E-state index is 12.2. The lowest BCUT2D eigenvalue weighted by molar-refractivity contribution is 0.0842. The number of aromatic nitrogens is 2. The lowest BCUT2D eigenvalue weighted by Crippen LogP contribution is -2.18. The van der Waals surface area contributed by atoms with Crippen molar-refractivity contribution in [3.05, 3.63) is 59.9 Å². The molecule has 1 aromatic heterocycles. The first-order valence-electron chi connectivity index (χ1n) is 6.08. The minimum Gasteiger partial charge on any atom is -0.482 e. The van der Waals surface area contributed by atoms with Gasteiger partial charge in [-0.2, -0.15) is 0 Å². The zero-order chi connectivity index (χ0) is 13.9. The van der Waals surface area contributed by atoms with Gasteiger partial charge >= 0.3 is 0 Å². The number of fused-ring (bicyclic) bond motifs is 1. The molecule has 5 heteroatoms. The van der Waals surface area contributed by atoms with Gasteiger partial charge in [-0.3, -0.25) is 9.36 Å². The van der Waals surface area contributed by atoms with E-state index in [0.717, 1.165) is 11.0 Å². The fraction of sp³-hybridized carbons (Fsp3) is 0.0667. The van der Waals surface area contributed by atoms with Crippen molar-refractivity contribution in [1.82, 2.24) is 9.55 Å². The lowest BCUT2D eigenvalue weighted by Gasteiger charge is -2.07. The van der Waals surface area contributed by atoms with E-state index in [0.29, 0.717) is 10.8 Å². The van der Waals surface area contributed by atoms with Crippen molar-refractivity contribution in [1.29, 1.82) is 0 Å². The highest BCUT2D eigenvalue weighted by molar-refractivity contribution is 6.32. The van der Waals surface area contributed by atoms with Crippen LogP contribution in [0.1, 0.15) is 4.79 Å². The van der Waals surface area contributed by atoms with Crippen molar-refractivity contribution in [2.75, 3.05) is 6.61 Å². The Hall–Kier alpha value is -2.33. The maximum Gasteiger partial charge on any atom is 0.270 e. The minimum atomic E-state index is -0.196. The predicted molar refractivity (Wildman–Crippen MR) is 77.3 cm³/mol. The number of hydrogen-bond donors (Lipinski definition) is 0. The van der Waals surface area contributed by atoms with E-state index in [1.54, 1.807) is 24.3 Å². The molecule has 0 spiro atoms. The molecule has 3 aromatic rings. The zero-order valence-corrected chi connectivity index (χ0v) is 11.2. The van der Waals surface area contributed by atoms with Crippen molar-refractivity contribution in [2.24, 2.45) is 0 Å². The van der Waals surface area contributed by atoms with Gasteiger partial charge in [-0.25, -0.2) is 4.98 Å². The molecular weight excluding hydrogens is 276 g/mol. The molecule has 0 N–H and O–H groups in total. The third-order valence-corrected chi connectivity index (χ3v) is 3.22. The van der Waals surface area contributed by atoms with E-state index >= 15 is 0 Å². The van der Waals surface area contributed by atoms with Crippen molar-refractivity contribution in [3.63, 3.8) is 0 Å². The summed E-state index contributed by atoms with van der Waals surface area (Å²) in [7, 11) is 0. The first-order valence-corrected chi connectivity index (χ1v) is 6.46. The summed E-state index contributed by atoms with van der Waals surface area (Å²) >= 11 is 5.97. The van der Waals surface area contributed by atoms with Gasteiger partial charge in [0.05, 0.1) is 16.1 Å². The first kappa shape index (κ1) is 12.7. The summed E-state index contributed by atoms with van der Waals surface area (Å²) in [5.74, 6) is 0.297. The topological polar surface area (TPSA) is 44.1 Å². The summed E-state index contributed by atoms with van der Waals surface area (Å²) in [4.78, 5) is 16.3. The smallest absolute Gasteiger partial charge is 0.270 e. The highest BCUT2D eigenvalue weighted by Crippen LogP contribution is 2.23. The summed E-state index contributed by atoms with van der Waals surface area (Å²) in [6.07, 6.45) is 1.50. The fourth-order valence-electron chi connectivity index (χ4n) is 1.93. The van der Waals surface area contributed by atoms with E-state index in [-0.39, 0.29) is 12.5 Å². The van der Waals surface area contributed by atoms with Crippen LogP contribution in [0.15, 0.2) is 54.9 Å². The Kier molecular flexibility index (Phi) is 3.39. The molecule has 2 aromatic carbocycles. The minimum absolute atomic E-state index is 0.0932. The number of carbonyl (C=O) groups excluding carboxylic acids is 1. The summed E-state index contributed by atoms with van der Waals surface area (Å²) in [6.45, 7) is -0.0932. The Labute approximate surface area is 120 Å². The molecule has 0 atom stereocenters. The molecular formula is C15H11ClN2O2. The van der Waals surface area contributed by atoms with Gasteiger partial charge in [0.25, 0.3) is 5.91 Å². The molecule has 4 nitrogen and oxygen atoms in total. The van der Waals surface area contributed by atoms with Crippen molar-refractivity contribution in [2.45, 2.75) is 0 Å². The summed E-state index contributed by atoms with van der Waals surface area (Å²) in [6, 6.07) is 14.5.